The minimum absolute atomic E-state index is 0.308. The highest BCUT2D eigenvalue weighted by Crippen LogP contribution is 2.29. The van der Waals surface area contributed by atoms with Crippen LogP contribution in [0.2, 0.25) is 0 Å². The molecule has 108 valence electrons. The van der Waals surface area contributed by atoms with Gasteiger partial charge in [0.25, 0.3) is 0 Å². The summed E-state index contributed by atoms with van der Waals surface area (Å²) in [6.45, 7) is 1.68. The second-order valence-corrected chi connectivity index (χ2v) is 5.09. The SMILES string of the molecule is COc1cc(F)ccc1-n1c(=S)[nH]c2cc(F)c(C)cc21. The molecule has 3 rings (SSSR count). The zero-order valence-corrected chi connectivity index (χ0v) is 12.2. The van der Waals surface area contributed by atoms with E-state index in [4.69, 9.17) is 17.0 Å². The fraction of sp³-hybridized carbons (Fsp3) is 0.133. The number of rotatable bonds is 2. The number of aromatic nitrogens is 2. The molecular weight excluding hydrogens is 294 g/mol. The van der Waals surface area contributed by atoms with Crippen molar-refractivity contribution in [2.75, 3.05) is 7.11 Å². The lowest BCUT2D eigenvalue weighted by Crippen LogP contribution is -1.99. The minimum Gasteiger partial charge on any atom is -0.494 e. The summed E-state index contributed by atoms with van der Waals surface area (Å²) in [6, 6.07) is 7.28. The first-order valence-electron chi connectivity index (χ1n) is 6.26. The maximum Gasteiger partial charge on any atom is 0.182 e. The van der Waals surface area contributed by atoms with Crippen LogP contribution in [0.25, 0.3) is 16.7 Å². The van der Waals surface area contributed by atoms with E-state index in [1.807, 2.05) is 0 Å². The lowest BCUT2D eigenvalue weighted by atomic mass is 10.2. The van der Waals surface area contributed by atoms with E-state index in [2.05, 4.69) is 4.98 Å². The van der Waals surface area contributed by atoms with Gasteiger partial charge in [-0.1, -0.05) is 0 Å². The van der Waals surface area contributed by atoms with Crippen LogP contribution in [0, 0.1) is 23.3 Å². The highest BCUT2D eigenvalue weighted by atomic mass is 32.1. The maximum atomic E-state index is 13.7. The summed E-state index contributed by atoms with van der Waals surface area (Å²) in [6.07, 6.45) is 0. The number of aromatic amines is 1. The van der Waals surface area contributed by atoms with Crippen molar-refractivity contribution in [2.24, 2.45) is 0 Å². The van der Waals surface area contributed by atoms with Gasteiger partial charge in [-0.3, -0.25) is 4.57 Å². The van der Waals surface area contributed by atoms with Crippen LogP contribution >= 0.6 is 12.2 Å². The maximum absolute atomic E-state index is 13.7. The zero-order valence-electron chi connectivity index (χ0n) is 11.4. The monoisotopic (exact) mass is 306 g/mol. The number of fused-ring (bicyclic) bond motifs is 1. The van der Waals surface area contributed by atoms with Crippen LogP contribution in [0.5, 0.6) is 5.75 Å². The molecule has 6 heteroatoms. The highest BCUT2D eigenvalue weighted by molar-refractivity contribution is 7.71. The van der Waals surface area contributed by atoms with E-state index in [9.17, 15) is 8.78 Å². The molecule has 2 aromatic carbocycles. The zero-order chi connectivity index (χ0) is 15.1. The van der Waals surface area contributed by atoms with Crippen molar-refractivity contribution in [3.63, 3.8) is 0 Å². The van der Waals surface area contributed by atoms with Crippen LogP contribution in [-0.2, 0) is 0 Å². The van der Waals surface area contributed by atoms with Gasteiger partial charge in [0, 0.05) is 6.07 Å². The highest BCUT2D eigenvalue weighted by Gasteiger charge is 2.13. The van der Waals surface area contributed by atoms with E-state index in [0.717, 1.165) is 0 Å². The predicted molar refractivity (Wildman–Crippen MR) is 79.7 cm³/mol. The van der Waals surface area contributed by atoms with E-state index in [1.165, 1.54) is 25.3 Å². The number of nitrogens with one attached hydrogen (secondary N) is 1. The van der Waals surface area contributed by atoms with Crippen molar-refractivity contribution in [2.45, 2.75) is 6.92 Å². The number of aryl methyl sites for hydroxylation is 1. The van der Waals surface area contributed by atoms with Crippen LogP contribution in [0.4, 0.5) is 8.78 Å². The lowest BCUT2D eigenvalue weighted by Gasteiger charge is -2.10. The smallest absolute Gasteiger partial charge is 0.182 e. The first kappa shape index (κ1) is 13.8. The summed E-state index contributed by atoms with van der Waals surface area (Å²) in [5, 5.41) is 0. The van der Waals surface area contributed by atoms with E-state index in [1.54, 1.807) is 23.6 Å². The molecule has 3 nitrogen and oxygen atoms in total. The molecule has 0 saturated heterocycles. The number of hydrogen-bond acceptors (Lipinski definition) is 2. The second kappa shape index (κ2) is 4.96. The van der Waals surface area contributed by atoms with Gasteiger partial charge in [0.15, 0.2) is 4.77 Å². The fourth-order valence-electron chi connectivity index (χ4n) is 2.31. The molecule has 21 heavy (non-hydrogen) atoms. The molecule has 0 amide bonds. The third kappa shape index (κ3) is 2.21. The summed E-state index contributed by atoms with van der Waals surface area (Å²) in [7, 11) is 1.46. The van der Waals surface area contributed by atoms with E-state index in [-0.39, 0.29) is 5.82 Å². The van der Waals surface area contributed by atoms with Crippen LogP contribution in [-0.4, -0.2) is 16.7 Å². The van der Waals surface area contributed by atoms with Gasteiger partial charge >= 0.3 is 0 Å². The summed E-state index contributed by atoms with van der Waals surface area (Å²) >= 11 is 5.30. The van der Waals surface area contributed by atoms with E-state index in [0.29, 0.717) is 32.8 Å². The molecule has 0 saturated carbocycles. The summed E-state index contributed by atoms with van der Waals surface area (Å²) in [4.78, 5) is 2.95. The van der Waals surface area contributed by atoms with Crippen molar-refractivity contribution in [3.8, 4) is 11.4 Å². The Hall–Kier alpha value is -2.21. The first-order valence-corrected chi connectivity index (χ1v) is 6.67. The van der Waals surface area contributed by atoms with Gasteiger partial charge in [-0.25, -0.2) is 8.78 Å². The molecule has 0 bridgehead atoms. The van der Waals surface area contributed by atoms with Crippen molar-refractivity contribution < 1.29 is 13.5 Å². The van der Waals surface area contributed by atoms with Gasteiger partial charge in [0.2, 0.25) is 0 Å². The summed E-state index contributed by atoms with van der Waals surface area (Å²) in [5.74, 6) is -0.352. The molecule has 1 N–H and O–H groups in total. The average molecular weight is 306 g/mol. The third-order valence-electron chi connectivity index (χ3n) is 3.35. The third-order valence-corrected chi connectivity index (χ3v) is 3.63. The van der Waals surface area contributed by atoms with Gasteiger partial charge in [0.1, 0.15) is 17.4 Å². The molecular formula is C15H12F2N2OS. The van der Waals surface area contributed by atoms with Crippen molar-refractivity contribution >= 4 is 23.3 Å². The lowest BCUT2D eigenvalue weighted by molar-refractivity contribution is 0.409. The number of ether oxygens (including phenoxy) is 1. The topological polar surface area (TPSA) is 29.9 Å². The van der Waals surface area contributed by atoms with Crippen molar-refractivity contribution in [1.29, 1.82) is 0 Å². The summed E-state index contributed by atoms with van der Waals surface area (Å²) < 4.78 is 34.3. The van der Waals surface area contributed by atoms with Crippen molar-refractivity contribution in [1.82, 2.24) is 9.55 Å². The van der Waals surface area contributed by atoms with Gasteiger partial charge in [-0.15, -0.1) is 0 Å². The Labute approximate surface area is 124 Å². The molecule has 0 aliphatic heterocycles. The number of H-pyrrole nitrogens is 1. The largest absolute Gasteiger partial charge is 0.494 e. The van der Waals surface area contributed by atoms with Crippen LogP contribution in [0.3, 0.4) is 0 Å². The van der Waals surface area contributed by atoms with E-state index < -0.39 is 5.82 Å². The molecule has 0 atom stereocenters. The Morgan fingerprint density at radius 1 is 1.19 bits per heavy atom. The average Bonchev–Trinajstić information content (AvgIpc) is 2.75. The van der Waals surface area contributed by atoms with Gasteiger partial charge < -0.3 is 9.72 Å². The fourth-order valence-corrected chi connectivity index (χ4v) is 2.61. The number of benzene rings is 2. The molecule has 0 unspecified atom stereocenters. The number of nitrogens with zero attached hydrogens (tertiary/aromatic N) is 1. The molecule has 0 spiro atoms. The Morgan fingerprint density at radius 2 is 1.95 bits per heavy atom. The Morgan fingerprint density at radius 3 is 2.67 bits per heavy atom. The predicted octanol–water partition coefficient (Wildman–Crippen LogP) is 4.28. The molecule has 0 aliphatic rings. The number of halogens is 2. The Balaban J connectivity index is 2.38. The molecule has 0 radical (unpaired) electrons. The van der Waals surface area contributed by atoms with Gasteiger partial charge in [-0.2, -0.15) is 0 Å². The van der Waals surface area contributed by atoms with Gasteiger partial charge in [0.05, 0.1) is 23.8 Å². The number of hydrogen-bond donors (Lipinski definition) is 1. The summed E-state index contributed by atoms with van der Waals surface area (Å²) in [5.41, 5.74) is 2.39. The van der Waals surface area contributed by atoms with Crippen LogP contribution in [0.15, 0.2) is 30.3 Å². The Kier molecular flexibility index (Phi) is 3.25. The number of methoxy groups -OCH3 is 1. The minimum atomic E-state index is -0.399. The molecule has 0 aliphatic carbocycles. The van der Waals surface area contributed by atoms with E-state index >= 15 is 0 Å². The quantitative estimate of drug-likeness (QED) is 0.716. The standard InChI is InChI=1S/C15H12F2N2OS/c1-8-5-13-11(7-10(8)17)18-15(21)19(13)12-4-3-9(16)6-14(12)20-2/h3-7H,1-2H3,(H,18,21). The first-order chi connectivity index (χ1) is 10.0. The van der Waals surface area contributed by atoms with Crippen molar-refractivity contribution in [3.05, 3.63) is 52.3 Å². The molecule has 3 aromatic rings. The normalized spacial score (nSPS) is 11.0. The molecule has 1 aromatic heterocycles. The van der Waals surface area contributed by atoms with Crippen LogP contribution in [0.1, 0.15) is 5.56 Å². The number of imidazole rings is 1. The van der Waals surface area contributed by atoms with Crippen LogP contribution < -0.4 is 4.74 Å². The second-order valence-electron chi connectivity index (χ2n) is 4.70. The Bertz CT molecular complexity index is 899. The molecule has 1 heterocycles. The molecule has 0 fully saturated rings. The van der Waals surface area contributed by atoms with Gasteiger partial charge in [-0.05, 0) is 49.0 Å².